The van der Waals surface area contributed by atoms with Crippen molar-refractivity contribution in [1.82, 2.24) is 9.71 Å². The Hall–Kier alpha value is -1.64. The van der Waals surface area contributed by atoms with Crippen LogP contribution in [0.1, 0.15) is 18.9 Å². The number of hydrogen-bond acceptors (Lipinski definition) is 6. The minimum Gasteiger partial charge on any atom is -0.495 e. The molecule has 24 heavy (non-hydrogen) atoms. The number of thiazole rings is 1. The Morgan fingerprint density at radius 3 is 2.96 bits per heavy atom. The SMILES string of the molecule is CCc1ccc(OC)c(S(=O)(=O)NC2CCN(c3nccs3)C2)c1. The third-order valence-corrected chi connectivity index (χ3v) is 6.50. The summed E-state index contributed by atoms with van der Waals surface area (Å²) in [4.78, 5) is 6.60. The predicted octanol–water partition coefficient (Wildman–Crippen LogP) is 2.27. The molecular weight excluding hydrogens is 346 g/mol. The molecular formula is C16H21N3O3S2. The number of benzene rings is 1. The van der Waals surface area contributed by atoms with Crippen LogP contribution in [0.3, 0.4) is 0 Å². The first-order valence-corrected chi connectivity index (χ1v) is 10.2. The van der Waals surface area contributed by atoms with E-state index in [1.54, 1.807) is 29.7 Å². The van der Waals surface area contributed by atoms with Gasteiger partial charge in [0.15, 0.2) is 5.13 Å². The van der Waals surface area contributed by atoms with Crippen molar-refractivity contribution in [2.24, 2.45) is 0 Å². The van der Waals surface area contributed by atoms with Gasteiger partial charge in [0.2, 0.25) is 10.0 Å². The Kier molecular flexibility index (Phi) is 5.07. The fraction of sp³-hybridized carbons (Fsp3) is 0.438. The molecule has 0 radical (unpaired) electrons. The number of methoxy groups -OCH3 is 1. The molecule has 130 valence electrons. The Morgan fingerprint density at radius 1 is 1.46 bits per heavy atom. The molecule has 6 nitrogen and oxygen atoms in total. The zero-order chi connectivity index (χ0) is 17.2. The fourth-order valence-electron chi connectivity index (χ4n) is 2.84. The maximum atomic E-state index is 12.8. The van der Waals surface area contributed by atoms with Crippen LogP contribution in [0.4, 0.5) is 5.13 Å². The number of hydrogen-bond donors (Lipinski definition) is 1. The molecule has 0 bridgehead atoms. The number of rotatable bonds is 6. The van der Waals surface area contributed by atoms with Crippen molar-refractivity contribution in [3.8, 4) is 5.75 Å². The van der Waals surface area contributed by atoms with Gasteiger partial charge in [-0.1, -0.05) is 13.0 Å². The largest absolute Gasteiger partial charge is 0.495 e. The highest BCUT2D eigenvalue weighted by Crippen LogP contribution is 2.27. The number of nitrogens with one attached hydrogen (secondary N) is 1. The Bertz CT molecular complexity index is 791. The molecule has 3 rings (SSSR count). The van der Waals surface area contributed by atoms with Gasteiger partial charge in [0.05, 0.1) is 7.11 Å². The van der Waals surface area contributed by atoms with Gasteiger partial charge in [0, 0.05) is 30.7 Å². The molecule has 0 aliphatic carbocycles. The van der Waals surface area contributed by atoms with Crippen molar-refractivity contribution in [2.75, 3.05) is 25.1 Å². The Balaban J connectivity index is 1.77. The molecule has 0 spiro atoms. The summed E-state index contributed by atoms with van der Waals surface area (Å²) < 4.78 is 33.7. The lowest BCUT2D eigenvalue weighted by molar-refractivity contribution is 0.402. The van der Waals surface area contributed by atoms with Crippen molar-refractivity contribution in [3.05, 3.63) is 35.3 Å². The van der Waals surface area contributed by atoms with Crippen LogP contribution in [0, 0.1) is 0 Å². The molecule has 8 heteroatoms. The van der Waals surface area contributed by atoms with Crippen LogP contribution >= 0.6 is 11.3 Å². The molecule has 1 unspecified atom stereocenters. The lowest BCUT2D eigenvalue weighted by atomic mass is 10.2. The highest BCUT2D eigenvalue weighted by molar-refractivity contribution is 7.89. The molecule has 2 heterocycles. The van der Waals surface area contributed by atoms with Gasteiger partial charge in [-0.05, 0) is 30.5 Å². The van der Waals surface area contributed by atoms with Crippen molar-refractivity contribution in [3.63, 3.8) is 0 Å². The van der Waals surface area contributed by atoms with E-state index >= 15 is 0 Å². The second-order valence-corrected chi connectivity index (χ2v) is 8.26. The molecule has 1 aliphatic heterocycles. The van der Waals surface area contributed by atoms with Gasteiger partial charge in [-0.25, -0.2) is 18.1 Å². The first kappa shape index (κ1) is 17.2. The van der Waals surface area contributed by atoms with Crippen molar-refractivity contribution < 1.29 is 13.2 Å². The molecule has 1 aromatic heterocycles. The quantitative estimate of drug-likeness (QED) is 0.848. The number of anilines is 1. The number of aromatic nitrogens is 1. The number of sulfonamides is 1. The van der Waals surface area contributed by atoms with Crippen LogP contribution in [0.25, 0.3) is 0 Å². The first-order valence-electron chi connectivity index (χ1n) is 7.87. The molecule has 1 N–H and O–H groups in total. The molecule has 0 saturated carbocycles. The summed E-state index contributed by atoms with van der Waals surface area (Å²) in [6.45, 7) is 3.42. The van der Waals surface area contributed by atoms with Crippen molar-refractivity contribution in [1.29, 1.82) is 0 Å². The standard InChI is InChI=1S/C16H21N3O3S2/c1-3-12-4-5-14(22-2)15(10-12)24(20,21)18-13-6-8-19(11-13)16-17-7-9-23-16/h4-5,7,9-10,13,18H,3,6,8,11H2,1-2H3. The minimum absolute atomic E-state index is 0.131. The lowest BCUT2D eigenvalue weighted by Crippen LogP contribution is -2.37. The van der Waals surface area contributed by atoms with Crippen LogP contribution in [0.5, 0.6) is 5.75 Å². The van der Waals surface area contributed by atoms with Crippen molar-refractivity contribution >= 4 is 26.5 Å². The van der Waals surface area contributed by atoms with Gasteiger partial charge in [-0.15, -0.1) is 11.3 Å². The molecule has 1 aliphatic rings. The number of aryl methyl sites for hydroxylation is 1. The van der Waals surface area contributed by atoms with E-state index in [2.05, 4.69) is 14.6 Å². The maximum absolute atomic E-state index is 12.8. The second kappa shape index (κ2) is 7.08. The van der Waals surface area contributed by atoms with Gasteiger partial charge in [0.1, 0.15) is 10.6 Å². The molecule has 1 aromatic carbocycles. The normalized spacial score (nSPS) is 18.1. The molecule has 1 atom stereocenters. The zero-order valence-electron chi connectivity index (χ0n) is 13.7. The molecule has 1 fully saturated rings. The summed E-state index contributed by atoms with van der Waals surface area (Å²) in [5.41, 5.74) is 0.965. The average Bonchev–Trinajstić information content (AvgIpc) is 3.25. The van der Waals surface area contributed by atoms with E-state index < -0.39 is 10.0 Å². The van der Waals surface area contributed by atoms with Crippen LogP contribution in [-0.2, 0) is 16.4 Å². The summed E-state index contributed by atoms with van der Waals surface area (Å²) in [5, 5.41) is 2.86. The fourth-order valence-corrected chi connectivity index (χ4v) is 5.00. The Labute approximate surface area is 146 Å². The van der Waals surface area contributed by atoms with E-state index in [4.69, 9.17) is 4.74 Å². The zero-order valence-corrected chi connectivity index (χ0v) is 15.4. The highest BCUT2D eigenvalue weighted by atomic mass is 32.2. The second-order valence-electron chi connectivity index (χ2n) is 5.71. The lowest BCUT2D eigenvalue weighted by Gasteiger charge is -2.17. The van der Waals surface area contributed by atoms with E-state index in [9.17, 15) is 8.42 Å². The van der Waals surface area contributed by atoms with Gasteiger partial charge in [0.25, 0.3) is 0 Å². The summed E-state index contributed by atoms with van der Waals surface area (Å²) in [6, 6.07) is 5.16. The van der Waals surface area contributed by atoms with Crippen molar-refractivity contribution in [2.45, 2.75) is 30.7 Å². The van der Waals surface area contributed by atoms with E-state index in [0.29, 0.717) is 12.3 Å². The molecule has 1 saturated heterocycles. The summed E-state index contributed by atoms with van der Waals surface area (Å²) in [7, 11) is -2.14. The van der Waals surface area contributed by atoms with Crippen LogP contribution in [-0.4, -0.2) is 39.6 Å². The number of nitrogens with zero attached hydrogens (tertiary/aromatic N) is 2. The van der Waals surface area contributed by atoms with E-state index in [1.165, 1.54) is 7.11 Å². The first-order chi connectivity index (χ1) is 11.5. The molecule has 0 amide bonds. The topological polar surface area (TPSA) is 71.5 Å². The van der Waals surface area contributed by atoms with E-state index in [1.807, 2.05) is 18.4 Å². The van der Waals surface area contributed by atoms with E-state index in [-0.39, 0.29) is 10.9 Å². The third-order valence-electron chi connectivity index (χ3n) is 4.13. The minimum atomic E-state index is -3.63. The van der Waals surface area contributed by atoms with Gasteiger partial charge in [-0.3, -0.25) is 0 Å². The summed E-state index contributed by atoms with van der Waals surface area (Å²) >= 11 is 1.57. The van der Waals surface area contributed by atoms with Crippen LogP contribution < -0.4 is 14.4 Å². The highest BCUT2D eigenvalue weighted by Gasteiger charge is 2.29. The summed E-state index contributed by atoms with van der Waals surface area (Å²) in [5.74, 6) is 0.370. The Morgan fingerprint density at radius 2 is 2.29 bits per heavy atom. The van der Waals surface area contributed by atoms with Gasteiger partial charge >= 0.3 is 0 Å². The van der Waals surface area contributed by atoms with Gasteiger partial charge < -0.3 is 9.64 Å². The average molecular weight is 367 g/mol. The van der Waals surface area contributed by atoms with Crippen LogP contribution in [0.15, 0.2) is 34.7 Å². The number of ether oxygens (including phenoxy) is 1. The van der Waals surface area contributed by atoms with Gasteiger partial charge in [-0.2, -0.15) is 0 Å². The third kappa shape index (κ3) is 3.55. The summed E-state index contributed by atoms with van der Waals surface area (Å²) in [6.07, 6.45) is 3.29. The van der Waals surface area contributed by atoms with E-state index in [0.717, 1.165) is 30.1 Å². The van der Waals surface area contributed by atoms with Crippen LogP contribution in [0.2, 0.25) is 0 Å². The smallest absolute Gasteiger partial charge is 0.244 e. The monoisotopic (exact) mass is 367 g/mol. The molecule has 2 aromatic rings. The predicted molar refractivity (Wildman–Crippen MR) is 95.4 cm³/mol. The maximum Gasteiger partial charge on any atom is 0.244 e.